The van der Waals surface area contributed by atoms with Crippen LogP contribution in [-0.2, 0) is 9.53 Å². The van der Waals surface area contributed by atoms with Crippen LogP contribution in [-0.4, -0.2) is 40.3 Å². The molecule has 0 aliphatic heterocycles. The lowest BCUT2D eigenvalue weighted by atomic mass is 10.0. The lowest BCUT2D eigenvalue weighted by Gasteiger charge is -2.13. The number of pyridine rings is 1. The number of aryl methyl sites for hydroxylation is 1. The van der Waals surface area contributed by atoms with Crippen LogP contribution in [0.3, 0.4) is 0 Å². The Morgan fingerprint density at radius 1 is 1.25 bits per heavy atom. The fraction of sp³-hybridized carbons (Fsp3) is 0.200. The highest BCUT2D eigenvalue weighted by Gasteiger charge is 2.24. The zero-order valence-electron chi connectivity index (χ0n) is 15.3. The number of nitrogens with zero attached hydrogens (tertiary/aromatic N) is 1. The largest absolute Gasteiger partial charge is 0.453 e. The highest BCUT2D eigenvalue weighted by Crippen LogP contribution is 2.23. The summed E-state index contributed by atoms with van der Waals surface area (Å²) in [6.07, 6.45) is 0.395. The van der Waals surface area contributed by atoms with E-state index in [1.54, 1.807) is 6.92 Å². The van der Waals surface area contributed by atoms with Crippen LogP contribution in [0.15, 0.2) is 42.6 Å². The second kappa shape index (κ2) is 8.22. The zero-order valence-corrected chi connectivity index (χ0v) is 16.0. The number of esters is 1. The molecule has 0 fully saturated rings. The molecule has 28 heavy (non-hydrogen) atoms. The quantitative estimate of drug-likeness (QED) is 0.490. The minimum atomic E-state index is -0.994. The van der Waals surface area contributed by atoms with Crippen LogP contribution in [0.1, 0.15) is 33.5 Å². The monoisotopic (exact) mass is 399 g/mol. The molecule has 0 radical (unpaired) electrons. The first-order chi connectivity index (χ1) is 13.4. The van der Waals surface area contributed by atoms with E-state index in [1.165, 1.54) is 25.3 Å². The Morgan fingerprint density at radius 2 is 2.00 bits per heavy atom. The average molecular weight is 400 g/mol. The van der Waals surface area contributed by atoms with E-state index in [9.17, 15) is 14.4 Å². The first kappa shape index (κ1) is 19.6. The van der Waals surface area contributed by atoms with Crippen molar-refractivity contribution in [2.24, 2.45) is 0 Å². The smallest absolute Gasteiger partial charge is 0.326 e. The first-order valence-electron chi connectivity index (χ1n) is 8.57. The topological polar surface area (TPSA) is 101 Å². The molecule has 0 bridgehead atoms. The molecule has 0 aliphatic carbocycles. The third-order valence-electron chi connectivity index (χ3n) is 4.17. The number of fused-ring (bicyclic) bond motifs is 1. The zero-order chi connectivity index (χ0) is 20.3. The standard InChI is InChI=1S/C20H18ClN3O4/c1-11-18(14-5-3-4-6-15(14)24-11)19(26)12(2)28-17(25)10-23-20(27)16-9-13(21)7-8-22-16/h3-9,12,24H,10H2,1-2H3,(H,23,27)/t12-/m1/s1. The van der Waals surface area contributed by atoms with E-state index in [-0.39, 0.29) is 11.5 Å². The van der Waals surface area contributed by atoms with E-state index in [1.807, 2.05) is 24.3 Å². The van der Waals surface area contributed by atoms with E-state index < -0.39 is 24.5 Å². The summed E-state index contributed by atoms with van der Waals surface area (Å²) in [5.41, 5.74) is 2.11. The molecule has 1 atom stereocenters. The number of para-hydroxylation sites is 1. The normalized spacial score (nSPS) is 11.8. The lowest BCUT2D eigenvalue weighted by molar-refractivity contribution is -0.145. The number of ketones is 1. The number of nitrogens with one attached hydrogen (secondary N) is 2. The number of benzene rings is 1. The molecule has 0 saturated carbocycles. The third-order valence-corrected chi connectivity index (χ3v) is 4.40. The van der Waals surface area contributed by atoms with Crippen molar-refractivity contribution in [3.8, 4) is 0 Å². The molecule has 0 saturated heterocycles. The third kappa shape index (κ3) is 4.20. The second-order valence-electron chi connectivity index (χ2n) is 6.21. The van der Waals surface area contributed by atoms with Crippen molar-refractivity contribution in [2.45, 2.75) is 20.0 Å². The van der Waals surface area contributed by atoms with E-state index in [0.29, 0.717) is 16.3 Å². The van der Waals surface area contributed by atoms with Crippen molar-refractivity contribution in [3.05, 3.63) is 64.6 Å². The number of carbonyl (C=O) groups is 3. The van der Waals surface area contributed by atoms with Gasteiger partial charge in [0.1, 0.15) is 12.2 Å². The van der Waals surface area contributed by atoms with Gasteiger partial charge in [-0.15, -0.1) is 0 Å². The van der Waals surface area contributed by atoms with Gasteiger partial charge in [0.15, 0.2) is 6.10 Å². The number of Topliss-reactive ketones (excluding diaryl/α,β-unsaturated/α-hetero) is 1. The van der Waals surface area contributed by atoms with Crippen LogP contribution in [0, 0.1) is 6.92 Å². The van der Waals surface area contributed by atoms with E-state index in [0.717, 1.165) is 10.9 Å². The summed E-state index contributed by atoms with van der Waals surface area (Å²) in [5, 5.41) is 3.52. The van der Waals surface area contributed by atoms with Crippen molar-refractivity contribution in [2.75, 3.05) is 6.54 Å². The minimum Gasteiger partial charge on any atom is -0.453 e. The van der Waals surface area contributed by atoms with Gasteiger partial charge < -0.3 is 15.0 Å². The number of amides is 1. The molecule has 0 unspecified atom stereocenters. The maximum atomic E-state index is 12.8. The maximum Gasteiger partial charge on any atom is 0.326 e. The van der Waals surface area contributed by atoms with Gasteiger partial charge in [0, 0.05) is 33.4 Å². The van der Waals surface area contributed by atoms with Gasteiger partial charge in [-0.1, -0.05) is 29.8 Å². The fourth-order valence-electron chi connectivity index (χ4n) is 2.86. The summed E-state index contributed by atoms with van der Waals surface area (Å²) in [6.45, 7) is 2.90. The van der Waals surface area contributed by atoms with Crippen LogP contribution in [0.2, 0.25) is 5.02 Å². The summed E-state index contributed by atoms with van der Waals surface area (Å²) < 4.78 is 5.19. The Morgan fingerprint density at radius 3 is 2.75 bits per heavy atom. The van der Waals surface area contributed by atoms with Crippen LogP contribution >= 0.6 is 11.6 Å². The van der Waals surface area contributed by atoms with Crippen LogP contribution in [0.25, 0.3) is 10.9 Å². The van der Waals surface area contributed by atoms with Gasteiger partial charge in [0.05, 0.1) is 0 Å². The summed E-state index contributed by atoms with van der Waals surface area (Å²) in [4.78, 5) is 43.8. The molecule has 2 heterocycles. The summed E-state index contributed by atoms with van der Waals surface area (Å²) in [5.74, 6) is -1.61. The number of hydrogen-bond acceptors (Lipinski definition) is 5. The molecular weight excluding hydrogens is 382 g/mol. The first-order valence-corrected chi connectivity index (χ1v) is 8.95. The molecule has 144 valence electrons. The number of aromatic amines is 1. The van der Waals surface area contributed by atoms with E-state index >= 15 is 0 Å². The Hall–Kier alpha value is -3.19. The second-order valence-corrected chi connectivity index (χ2v) is 6.65. The number of rotatable bonds is 6. The van der Waals surface area contributed by atoms with Gasteiger partial charge in [-0.05, 0) is 32.0 Å². The van der Waals surface area contributed by atoms with E-state index in [4.69, 9.17) is 16.3 Å². The molecule has 2 N–H and O–H groups in total. The van der Waals surface area contributed by atoms with Gasteiger partial charge >= 0.3 is 5.97 Å². The Kier molecular flexibility index (Phi) is 5.75. The Labute approximate surface area is 166 Å². The number of carbonyl (C=O) groups excluding carboxylic acids is 3. The van der Waals surface area contributed by atoms with Gasteiger partial charge in [-0.25, -0.2) is 0 Å². The molecule has 7 nitrogen and oxygen atoms in total. The molecule has 1 aromatic carbocycles. The number of H-pyrrole nitrogens is 1. The van der Waals surface area contributed by atoms with Crippen molar-refractivity contribution in [3.63, 3.8) is 0 Å². The number of halogens is 1. The molecule has 3 rings (SSSR count). The van der Waals surface area contributed by atoms with Crippen molar-refractivity contribution >= 4 is 40.2 Å². The molecule has 1 amide bonds. The van der Waals surface area contributed by atoms with Gasteiger partial charge in [0.2, 0.25) is 5.78 Å². The number of hydrogen-bond donors (Lipinski definition) is 2. The molecule has 0 spiro atoms. The van der Waals surface area contributed by atoms with E-state index in [2.05, 4.69) is 15.3 Å². The van der Waals surface area contributed by atoms with Crippen molar-refractivity contribution in [1.29, 1.82) is 0 Å². The van der Waals surface area contributed by atoms with Gasteiger partial charge in [-0.2, -0.15) is 0 Å². The molecular formula is C20H18ClN3O4. The fourth-order valence-corrected chi connectivity index (χ4v) is 3.02. The van der Waals surface area contributed by atoms with Crippen LogP contribution in [0.4, 0.5) is 0 Å². The molecule has 0 aliphatic rings. The SMILES string of the molecule is Cc1[nH]c2ccccc2c1C(=O)[C@@H](C)OC(=O)CNC(=O)c1cc(Cl)ccn1. The van der Waals surface area contributed by atoms with Crippen molar-refractivity contribution < 1.29 is 19.1 Å². The molecule has 2 aromatic heterocycles. The minimum absolute atomic E-state index is 0.0823. The average Bonchev–Trinajstić information content (AvgIpc) is 3.01. The highest BCUT2D eigenvalue weighted by atomic mass is 35.5. The predicted octanol–water partition coefficient (Wildman–Crippen LogP) is 3.07. The number of aromatic nitrogens is 2. The summed E-state index contributed by atoms with van der Waals surface area (Å²) >= 11 is 5.81. The Balaban J connectivity index is 1.61. The number of ether oxygens (including phenoxy) is 1. The van der Waals surface area contributed by atoms with Gasteiger partial charge in [-0.3, -0.25) is 19.4 Å². The molecule has 8 heteroatoms. The van der Waals surface area contributed by atoms with Crippen molar-refractivity contribution in [1.82, 2.24) is 15.3 Å². The van der Waals surface area contributed by atoms with Crippen LogP contribution < -0.4 is 5.32 Å². The Bertz CT molecular complexity index is 1060. The summed E-state index contributed by atoms with van der Waals surface area (Å²) in [7, 11) is 0. The highest BCUT2D eigenvalue weighted by molar-refractivity contribution is 6.30. The summed E-state index contributed by atoms with van der Waals surface area (Å²) in [6, 6.07) is 10.3. The predicted molar refractivity (Wildman–Crippen MR) is 105 cm³/mol. The maximum absolute atomic E-state index is 12.8. The lowest BCUT2D eigenvalue weighted by Crippen LogP contribution is -2.34. The van der Waals surface area contributed by atoms with Gasteiger partial charge in [0.25, 0.3) is 5.91 Å². The molecule has 3 aromatic rings. The van der Waals surface area contributed by atoms with Crippen LogP contribution in [0.5, 0.6) is 0 Å².